The van der Waals surface area contributed by atoms with Crippen LogP contribution in [-0.4, -0.2) is 22.1 Å². The minimum atomic E-state index is -0.249. The third kappa shape index (κ3) is 5.06. The van der Waals surface area contributed by atoms with E-state index in [1.807, 2.05) is 43.3 Å². The van der Waals surface area contributed by atoms with Gasteiger partial charge in [-0.3, -0.25) is 0 Å². The fourth-order valence-electron chi connectivity index (χ4n) is 3.66. The van der Waals surface area contributed by atoms with Crippen molar-refractivity contribution in [3.63, 3.8) is 0 Å². The highest BCUT2D eigenvalue weighted by molar-refractivity contribution is 6.31. The number of aryl methyl sites for hydroxylation is 2. The molecule has 0 aliphatic heterocycles. The maximum absolute atomic E-state index is 12.4. The first kappa shape index (κ1) is 20.9. The summed E-state index contributed by atoms with van der Waals surface area (Å²) in [4.78, 5) is 17.2. The number of hydrogen-bond acceptors (Lipinski definition) is 2. The molecule has 1 aromatic heterocycles. The van der Waals surface area contributed by atoms with Crippen LogP contribution in [0.15, 0.2) is 72.8 Å². The fraction of sp³-hybridized carbons (Fsp3) is 0.200. The lowest BCUT2D eigenvalue weighted by Gasteiger charge is -2.13. The number of para-hydroxylation sites is 2. The molecule has 0 fully saturated rings. The topological polar surface area (TPSA) is 59.0 Å². The van der Waals surface area contributed by atoms with E-state index in [0.29, 0.717) is 23.8 Å². The number of urea groups is 1. The molecule has 0 saturated heterocycles. The van der Waals surface area contributed by atoms with Gasteiger partial charge in [0.25, 0.3) is 0 Å². The van der Waals surface area contributed by atoms with Gasteiger partial charge in [0, 0.05) is 30.2 Å². The average Bonchev–Trinajstić information content (AvgIpc) is 3.14. The lowest BCUT2D eigenvalue weighted by atomic mass is 10.1. The van der Waals surface area contributed by atoms with Crippen molar-refractivity contribution >= 4 is 34.4 Å². The summed E-state index contributed by atoms with van der Waals surface area (Å²) in [5, 5.41) is 6.44. The first-order valence-corrected chi connectivity index (χ1v) is 10.8. The number of imidazole rings is 1. The van der Waals surface area contributed by atoms with E-state index in [0.717, 1.165) is 35.3 Å². The second kappa shape index (κ2) is 9.67. The number of fused-ring (bicyclic) bond motifs is 1. The quantitative estimate of drug-likeness (QED) is 0.399. The number of carbonyl (C=O) groups is 1. The lowest BCUT2D eigenvalue weighted by molar-refractivity contribution is 0.251. The van der Waals surface area contributed by atoms with Gasteiger partial charge in [-0.1, -0.05) is 60.1 Å². The maximum Gasteiger partial charge on any atom is 0.319 e. The smallest absolute Gasteiger partial charge is 0.319 e. The maximum atomic E-state index is 12.4. The van der Waals surface area contributed by atoms with Crippen molar-refractivity contribution in [2.45, 2.75) is 26.3 Å². The minimum absolute atomic E-state index is 0.249. The molecule has 0 atom stereocenters. The molecule has 4 aromatic rings. The Hall–Kier alpha value is -3.31. The molecule has 0 spiro atoms. The summed E-state index contributed by atoms with van der Waals surface area (Å²) >= 11 is 6.13. The molecule has 0 aliphatic rings. The molecule has 6 heteroatoms. The van der Waals surface area contributed by atoms with E-state index in [1.165, 1.54) is 5.56 Å². The Morgan fingerprint density at radius 2 is 1.74 bits per heavy atom. The molecule has 0 radical (unpaired) electrons. The Kier molecular flexibility index (Phi) is 6.53. The molecular weight excluding hydrogens is 408 g/mol. The van der Waals surface area contributed by atoms with Crippen LogP contribution in [0.2, 0.25) is 5.02 Å². The summed E-state index contributed by atoms with van der Waals surface area (Å²) in [6.45, 7) is 3.02. The van der Waals surface area contributed by atoms with Crippen molar-refractivity contribution in [1.29, 1.82) is 0 Å². The Labute approximate surface area is 187 Å². The Balaban J connectivity index is 1.42. The van der Waals surface area contributed by atoms with Crippen LogP contribution >= 0.6 is 11.6 Å². The lowest BCUT2D eigenvalue weighted by Crippen LogP contribution is -2.32. The van der Waals surface area contributed by atoms with Crippen LogP contribution in [0.5, 0.6) is 0 Å². The zero-order chi connectivity index (χ0) is 21.6. The third-order valence-electron chi connectivity index (χ3n) is 5.35. The summed E-state index contributed by atoms with van der Waals surface area (Å²) in [7, 11) is 0. The zero-order valence-corrected chi connectivity index (χ0v) is 18.2. The molecule has 3 aromatic carbocycles. The number of benzene rings is 3. The van der Waals surface area contributed by atoms with Crippen molar-refractivity contribution in [1.82, 2.24) is 14.9 Å². The Morgan fingerprint density at radius 3 is 2.58 bits per heavy atom. The van der Waals surface area contributed by atoms with Crippen LogP contribution in [0.3, 0.4) is 0 Å². The number of nitrogens with zero attached hydrogens (tertiary/aromatic N) is 2. The predicted molar refractivity (Wildman–Crippen MR) is 127 cm³/mol. The van der Waals surface area contributed by atoms with Crippen molar-refractivity contribution in [3.05, 3.63) is 94.8 Å². The van der Waals surface area contributed by atoms with Crippen LogP contribution in [0.1, 0.15) is 17.0 Å². The van der Waals surface area contributed by atoms with Crippen LogP contribution in [0.4, 0.5) is 10.5 Å². The van der Waals surface area contributed by atoms with Crippen LogP contribution in [0.25, 0.3) is 11.0 Å². The standard InChI is InChI=1S/C25H25ClN4O/c1-18-20(26)10-7-12-21(18)29-25(31)27-16-17-30-23-13-6-5-11-22(23)28-24(30)15-14-19-8-3-2-4-9-19/h2-13H,14-17H2,1H3,(H2,27,29,31). The molecule has 0 bridgehead atoms. The van der Waals surface area contributed by atoms with E-state index in [9.17, 15) is 4.79 Å². The van der Waals surface area contributed by atoms with Crippen LogP contribution in [0, 0.1) is 6.92 Å². The van der Waals surface area contributed by atoms with Gasteiger partial charge in [0.1, 0.15) is 5.82 Å². The largest absolute Gasteiger partial charge is 0.336 e. The zero-order valence-electron chi connectivity index (χ0n) is 17.4. The third-order valence-corrected chi connectivity index (χ3v) is 5.76. The summed E-state index contributed by atoms with van der Waals surface area (Å²) < 4.78 is 2.20. The van der Waals surface area contributed by atoms with Gasteiger partial charge in [0.05, 0.1) is 11.0 Å². The molecule has 2 amide bonds. The van der Waals surface area contributed by atoms with Crippen molar-refractivity contribution in [2.24, 2.45) is 0 Å². The number of nitrogens with one attached hydrogen (secondary N) is 2. The number of aromatic nitrogens is 2. The van der Waals surface area contributed by atoms with Crippen LogP contribution in [-0.2, 0) is 19.4 Å². The number of halogens is 1. The van der Waals surface area contributed by atoms with Gasteiger partial charge in [0.15, 0.2) is 0 Å². The molecule has 0 saturated carbocycles. The van der Waals surface area contributed by atoms with Gasteiger partial charge in [-0.05, 0) is 48.7 Å². The summed E-state index contributed by atoms with van der Waals surface area (Å²) in [5.74, 6) is 1.03. The van der Waals surface area contributed by atoms with Gasteiger partial charge in [-0.2, -0.15) is 0 Å². The molecule has 5 nitrogen and oxygen atoms in total. The van der Waals surface area contributed by atoms with Gasteiger partial charge in [-0.15, -0.1) is 0 Å². The van der Waals surface area contributed by atoms with E-state index in [-0.39, 0.29) is 6.03 Å². The molecule has 1 heterocycles. The monoisotopic (exact) mass is 432 g/mol. The number of amides is 2. The highest BCUT2D eigenvalue weighted by Crippen LogP contribution is 2.22. The van der Waals surface area contributed by atoms with Crippen molar-refractivity contribution < 1.29 is 4.79 Å². The minimum Gasteiger partial charge on any atom is -0.336 e. The van der Waals surface area contributed by atoms with E-state index in [2.05, 4.69) is 45.5 Å². The molecule has 158 valence electrons. The number of rotatable bonds is 7. The highest BCUT2D eigenvalue weighted by Gasteiger charge is 2.11. The van der Waals surface area contributed by atoms with Crippen molar-refractivity contribution in [3.8, 4) is 0 Å². The number of anilines is 1. The number of carbonyl (C=O) groups excluding carboxylic acids is 1. The fourth-order valence-corrected chi connectivity index (χ4v) is 3.83. The van der Waals surface area contributed by atoms with Gasteiger partial charge in [-0.25, -0.2) is 9.78 Å². The molecule has 4 rings (SSSR count). The molecule has 2 N–H and O–H groups in total. The first-order chi connectivity index (χ1) is 15.1. The SMILES string of the molecule is Cc1c(Cl)cccc1NC(=O)NCCn1c(CCc2ccccc2)nc2ccccc21. The van der Waals surface area contributed by atoms with E-state index < -0.39 is 0 Å². The van der Waals surface area contributed by atoms with Crippen LogP contribution < -0.4 is 10.6 Å². The van der Waals surface area contributed by atoms with Gasteiger partial charge < -0.3 is 15.2 Å². The summed E-state index contributed by atoms with van der Waals surface area (Å²) in [5.41, 5.74) is 4.91. The van der Waals surface area contributed by atoms with E-state index in [1.54, 1.807) is 6.07 Å². The van der Waals surface area contributed by atoms with E-state index >= 15 is 0 Å². The highest BCUT2D eigenvalue weighted by atomic mass is 35.5. The summed E-state index contributed by atoms with van der Waals surface area (Å²) in [6.07, 6.45) is 1.76. The second-order valence-corrected chi connectivity index (χ2v) is 7.85. The van der Waals surface area contributed by atoms with E-state index in [4.69, 9.17) is 16.6 Å². The Morgan fingerprint density at radius 1 is 0.968 bits per heavy atom. The van der Waals surface area contributed by atoms with Gasteiger partial charge >= 0.3 is 6.03 Å². The molecule has 31 heavy (non-hydrogen) atoms. The molecule has 0 aliphatic carbocycles. The molecular formula is C25H25ClN4O. The molecule has 0 unspecified atom stereocenters. The Bertz CT molecular complexity index is 1190. The summed E-state index contributed by atoms with van der Waals surface area (Å²) in [6, 6.07) is 23.8. The number of hydrogen-bond donors (Lipinski definition) is 2. The van der Waals surface area contributed by atoms with Gasteiger partial charge in [0.2, 0.25) is 0 Å². The predicted octanol–water partition coefficient (Wildman–Crippen LogP) is 5.61. The second-order valence-electron chi connectivity index (χ2n) is 7.45. The first-order valence-electron chi connectivity index (χ1n) is 10.4. The average molecular weight is 433 g/mol. The van der Waals surface area contributed by atoms with Crippen molar-refractivity contribution in [2.75, 3.05) is 11.9 Å². The normalized spacial score (nSPS) is 10.9.